The Bertz CT molecular complexity index is 1290. The molecule has 0 saturated carbocycles. The second kappa shape index (κ2) is 10.4. The third kappa shape index (κ3) is 6.03. The van der Waals surface area contributed by atoms with Gasteiger partial charge in [0.1, 0.15) is 16.4 Å². The van der Waals surface area contributed by atoms with Gasteiger partial charge in [0, 0.05) is 22.3 Å². The number of carbonyl (C=O) groups is 1. The molecular weight excluding hydrogens is 466 g/mol. The predicted octanol–water partition coefficient (Wildman–Crippen LogP) is 4.31. The highest BCUT2D eigenvalue weighted by atomic mass is 35.5. The summed E-state index contributed by atoms with van der Waals surface area (Å²) in [7, 11) is -1.22. The molecule has 0 fully saturated rings. The van der Waals surface area contributed by atoms with Crippen LogP contribution in [0, 0.1) is 0 Å². The summed E-state index contributed by atoms with van der Waals surface area (Å²) < 4.78 is 35.8. The highest BCUT2D eigenvalue weighted by molar-refractivity contribution is 7.89. The van der Waals surface area contributed by atoms with Crippen molar-refractivity contribution in [2.75, 3.05) is 19.5 Å². The highest BCUT2D eigenvalue weighted by Gasteiger charge is 2.20. The van der Waals surface area contributed by atoms with Crippen LogP contribution in [0.5, 0.6) is 11.5 Å². The Balaban J connectivity index is 1.78. The van der Waals surface area contributed by atoms with E-state index in [9.17, 15) is 13.2 Å². The Morgan fingerprint density at radius 3 is 2.33 bits per heavy atom. The van der Waals surface area contributed by atoms with E-state index in [1.54, 1.807) is 61.5 Å². The second-order valence-electron chi connectivity index (χ2n) is 6.85. The van der Waals surface area contributed by atoms with Crippen LogP contribution in [-0.4, -0.2) is 34.3 Å². The van der Waals surface area contributed by atoms with Crippen LogP contribution in [0.25, 0.3) is 0 Å². The summed E-state index contributed by atoms with van der Waals surface area (Å²) in [5, 5.41) is 7.35. The molecule has 3 aromatic carbocycles. The van der Waals surface area contributed by atoms with Gasteiger partial charge in [-0.25, -0.2) is 0 Å². The molecule has 0 unspecified atom stereocenters. The fourth-order valence-electron chi connectivity index (χ4n) is 2.86. The van der Waals surface area contributed by atoms with E-state index in [-0.39, 0.29) is 16.6 Å². The van der Waals surface area contributed by atoms with Gasteiger partial charge in [-0.3, -0.25) is 4.79 Å². The number of halogens is 1. The van der Waals surface area contributed by atoms with Crippen molar-refractivity contribution in [3.8, 4) is 11.5 Å². The first-order chi connectivity index (χ1) is 15.7. The average molecular weight is 488 g/mol. The van der Waals surface area contributed by atoms with Crippen molar-refractivity contribution in [1.82, 2.24) is 4.83 Å². The van der Waals surface area contributed by atoms with Gasteiger partial charge in [-0.1, -0.05) is 23.7 Å². The smallest absolute Gasteiger partial charge is 0.280 e. The lowest BCUT2D eigenvalue weighted by atomic mass is 10.1. The lowest BCUT2D eigenvalue weighted by Crippen LogP contribution is -2.21. The molecule has 0 aliphatic rings. The monoisotopic (exact) mass is 487 g/mol. The number of methoxy groups -OCH3 is 2. The molecule has 0 saturated heterocycles. The largest absolute Gasteiger partial charge is 0.497 e. The number of hydrogen-bond donors (Lipinski definition) is 2. The van der Waals surface area contributed by atoms with Crippen molar-refractivity contribution < 1.29 is 22.7 Å². The molecule has 0 spiro atoms. The van der Waals surface area contributed by atoms with Gasteiger partial charge in [-0.2, -0.15) is 18.4 Å². The normalized spacial score (nSPS) is 11.6. The van der Waals surface area contributed by atoms with Gasteiger partial charge in [0.15, 0.2) is 0 Å². The van der Waals surface area contributed by atoms with Gasteiger partial charge in [0.05, 0.1) is 19.9 Å². The molecule has 3 aromatic rings. The van der Waals surface area contributed by atoms with Crippen LogP contribution in [-0.2, 0) is 10.0 Å². The zero-order valence-electron chi connectivity index (χ0n) is 18.1. The molecule has 3 rings (SSSR count). The third-order valence-corrected chi connectivity index (χ3v) is 6.12. The number of hydrogen-bond acceptors (Lipinski definition) is 6. The molecule has 0 atom stereocenters. The first-order valence-electron chi connectivity index (χ1n) is 9.69. The Kier molecular flexibility index (Phi) is 7.57. The molecule has 33 heavy (non-hydrogen) atoms. The SMILES string of the molecule is COc1ccc(OC)c(S(=O)(=O)NN=C(C)c2cccc(NC(=O)c3ccc(Cl)cc3)c2)c1. The zero-order chi connectivity index (χ0) is 24.0. The van der Waals surface area contributed by atoms with E-state index in [4.69, 9.17) is 21.1 Å². The van der Waals surface area contributed by atoms with Gasteiger partial charge in [0.25, 0.3) is 15.9 Å². The average Bonchev–Trinajstić information content (AvgIpc) is 2.82. The summed E-state index contributed by atoms with van der Waals surface area (Å²) in [6.45, 7) is 1.64. The molecule has 10 heteroatoms. The lowest BCUT2D eigenvalue weighted by Gasteiger charge is -2.11. The van der Waals surface area contributed by atoms with E-state index in [1.165, 1.54) is 26.4 Å². The second-order valence-corrected chi connectivity index (χ2v) is 8.92. The molecular formula is C23H22ClN3O5S. The molecule has 0 aliphatic heterocycles. The Morgan fingerprint density at radius 1 is 0.939 bits per heavy atom. The number of anilines is 1. The molecule has 2 N–H and O–H groups in total. The van der Waals surface area contributed by atoms with E-state index in [0.29, 0.717) is 33.3 Å². The van der Waals surface area contributed by atoms with E-state index in [1.807, 2.05) is 0 Å². The molecule has 0 bridgehead atoms. The fraction of sp³-hybridized carbons (Fsp3) is 0.130. The van der Waals surface area contributed by atoms with Gasteiger partial charge in [0.2, 0.25) is 0 Å². The van der Waals surface area contributed by atoms with Crippen LogP contribution in [0.1, 0.15) is 22.8 Å². The quantitative estimate of drug-likeness (QED) is 0.363. The fourth-order valence-corrected chi connectivity index (χ4v) is 4.03. The molecule has 0 aromatic heterocycles. The summed E-state index contributed by atoms with van der Waals surface area (Å²) in [6, 6.07) is 17.8. The zero-order valence-corrected chi connectivity index (χ0v) is 19.7. The van der Waals surface area contributed by atoms with Gasteiger partial charge < -0.3 is 14.8 Å². The highest BCUT2D eigenvalue weighted by Crippen LogP contribution is 2.28. The van der Waals surface area contributed by atoms with Crippen molar-refractivity contribution in [1.29, 1.82) is 0 Å². The predicted molar refractivity (Wildman–Crippen MR) is 128 cm³/mol. The summed E-state index contributed by atoms with van der Waals surface area (Å²) in [6.07, 6.45) is 0. The van der Waals surface area contributed by atoms with Crippen LogP contribution in [0.15, 0.2) is 76.7 Å². The van der Waals surface area contributed by atoms with Crippen molar-refractivity contribution in [3.63, 3.8) is 0 Å². The van der Waals surface area contributed by atoms with Gasteiger partial charge in [-0.05, 0) is 61.0 Å². The van der Waals surface area contributed by atoms with E-state index < -0.39 is 10.0 Å². The van der Waals surface area contributed by atoms with E-state index >= 15 is 0 Å². The number of sulfonamides is 1. The standard InChI is InChI=1S/C23H22ClN3O5S/c1-15(26-27-33(29,30)22-14-20(31-2)11-12-21(22)32-3)17-5-4-6-19(13-17)25-23(28)16-7-9-18(24)10-8-16/h4-14,27H,1-3H3,(H,25,28). The summed E-state index contributed by atoms with van der Waals surface area (Å²) >= 11 is 5.86. The maximum Gasteiger partial charge on any atom is 0.280 e. The maximum absolute atomic E-state index is 12.8. The van der Waals surface area contributed by atoms with Crippen molar-refractivity contribution in [2.24, 2.45) is 5.10 Å². The van der Waals surface area contributed by atoms with Crippen LogP contribution < -0.4 is 19.6 Å². The number of rotatable bonds is 8. The molecule has 0 radical (unpaired) electrons. The Morgan fingerprint density at radius 2 is 1.67 bits per heavy atom. The number of nitrogens with zero attached hydrogens (tertiary/aromatic N) is 1. The lowest BCUT2D eigenvalue weighted by molar-refractivity contribution is 0.102. The first-order valence-corrected chi connectivity index (χ1v) is 11.5. The van der Waals surface area contributed by atoms with Gasteiger partial charge in [-0.15, -0.1) is 0 Å². The van der Waals surface area contributed by atoms with Crippen LogP contribution >= 0.6 is 11.6 Å². The number of carbonyl (C=O) groups excluding carboxylic acids is 1. The van der Waals surface area contributed by atoms with Crippen molar-refractivity contribution in [3.05, 3.63) is 82.9 Å². The van der Waals surface area contributed by atoms with Gasteiger partial charge >= 0.3 is 0 Å². The first kappa shape index (κ1) is 24.1. The number of ether oxygens (including phenoxy) is 2. The van der Waals surface area contributed by atoms with Crippen molar-refractivity contribution in [2.45, 2.75) is 11.8 Å². The van der Waals surface area contributed by atoms with Crippen LogP contribution in [0.3, 0.4) is 0 Å². The third-order valence-electron chi connectivity index (χ3n) is 4.64. The van der Waals surface area contributed by atoms with Crippen molar-refractivity contribution >= 4 is 38.9 Å². The molecule has 172 valence electrons. The minimum atomic E-state index is -4.03. The minimum absolute atomic E-state index is 0.107. The minimum Gasteiger partial charge on any atom is -0.497 e. The van der Waals surface area contributed by atoms with E-state index in [0.717, 1.165) is 0 Å². The Labute approximate surface area is 197 Å². The topological polar surface area (TPSA) is 106 Å². The molecule has 1 amide bonds. The maximum atomic E-state index is 12.8. The number of nitrogens with one attached hydrogen (secondary N) is 2. The molecule has 0 heterocycles. The molecule has 8 nitrogen and oxygen atoms in total. The molecule has 0 aliphatic carbocycles. The summed E-state index contributed by atoms with van der Waals surface area (Å²) in [5.74, 6) is 0.216. The number of amides is 1. The number of hydrazone groups is 1. The van der Waals surface area contributed by atoms with Crippen LogP contribution in [0.2, 0.25) is 5.02 Å². The van der Waals surface area contributed by atoms with Crippen LogP contribution in [0.4, 0.5) is 5.69 Å². The number of benzene rings is 3. The Hall–Kier alpha value is -3.56. The summed E-state index contributed by atoms with van der Waals surface area (Å²) in [5.41, 5.74) is 1.99. The van der Waals surface area contributed by atoms with E-state index in [2.05, 4.69) is 15.2 Å². The summed E-state index contributed by atoms with van der Waals surface area (Å²) in [4.78, 5) is 14.5.